The molecule has 0 spiro atoms. The molecule has 84 valence electrons. The van der Waals surface area contributed by atoms with Gasteiger partial charge in [-0.3, -0.25) is 0 Å². The van der Waals surface area contributed by atoms with E-state index in [1.807, 2.05) is 18.2 Å². The van der Waals surface area contributed by atoms with Gasteiger partial charge in [0.25, 0.3) is 0 Å². The number of rotatable bonds is 3. The summed E-state index contributed by atoms with van der Waals surface area (Å²) in [4.78, 5) is 4.02. The van der Waals surface area contributed by atoms with Gasteiger partial charge in [0.05, 0.1) is 41.6 Å². The van der Waals surface area contributed by atoms with Crippen molar-refractivity contribution in [2.45, 2.75) is 6.04 Å². The molecule has 0 fully saturated rings. The number of nitrogens with two attached hydrogens (primary N) is 1. The molecule has 2 aromatic rings. The van der Waals surface area contributed by atoms with E-state index in [-0.39, 0.29) is 6.61 Å². The summed E-state index contributed by atoms with van der Waals surface area (Å²) in [6, 6.07) is 6.95. The fourth-order valence-electron chi connectivity index (χ4n) is 1.52. The van der Waals surface area contributed by atoms with Crippen molar-refractivity contribution in [1.29, 1.82) is 0 Å². The van der Waals surface area contributed by atoms with Crippen molar-refractivity contribution in [3.05, 3.63) is 47.5 Å². The van der Waals surface area contributed by atoms with Gasteiger partial charge >= 0.3 is 0 Å². The summed E-state index contributed by atoms with van der Waals surface area (Å²) in [6.45, 7) is -0.129. The van der Waals surface area contributed by atoms with Crippen molar-refractivity contribution in [2.75, 3.05) is 6.61 Å². The predicted octanol–water partition coefficient (Wildman–Crippen LogP) is 1.52. The molecule has 0 saturated heterocycles. The quantitative estimate of drug-likeness (QED) is 0.851. The van der Waals surface area contributed by atoms with Gasteiger partial charge in [-0.1, -0.05) is 23.7 Å². The maximum Gasteiger partial charge on any atom is 0.0995 e. The van der Waals surface area contributed by atoms with Crippen LogP contribution in [-0.2, 0) is 0 Å². The molecule has 0 aliphatic carbocycles. The van der Waals surface area contributed by atoms with Crippen LogP contribution in [0.1, 0.15) is 11.7 Å². The Labute approximate surface area is 98.3 Å². The van der Waals surface area contributed by atoms with Gasteiger partial charge in [-0.2, -0.15) is 0 Å². The fraction of sp³-hybridized carbons (Fsp3) is 0.182. The van der Waals surface area contributed by atoms with Crippen LogP contribution in [0, 0.1) is 0 Å². The number of para-hydroxylation sites is 1. The van der Waals surface area contributed by atoms with Crippen LogP contribution in [0.15, 0.2) is 36.8 Å². The minimum atomic E-state index is -0.459. The molecule has 1 heterocycles. The summed E-state index contributed by atoms with van der Waals surface area (Å²) in [5, 5.41) is 9.67. The molecule has 0 radical (unpaired) electrons. The monoisotopic (exact) mass is 237 g/mol. The summed E-state index contributed by atoms with van der Waals surface area (Å²) in [6.07, 6.45) is 3.26. The Morgan fingerprint density at radius 2 is 2.19 bits per heavy atom. The van der Waals surface area contributed by atoms with Gasteiger partial charge in [0.2, 0.25) is 0 Å². The van der Waals surface area contributed by atoms with E-state index in [9.17, 15) is 0 Å². The van der Waals surface area contributed by atoms with Gasteiger partial charge in [-0.25, -0.2) is 4.98 Å². The molecule has 3 N–H and O–H groups in total. The fourth-order valence-corrected chi connectivity index (χ4v) is 1.75. The smallest absolute Gasteiger partial charge is 0.0995 e. The first-order chi connectivity index (χ1) is 7.74. The zero-order chi connectivity index (χ0) is 11.5. The molecular formula is C11H12ClN3O. The predicted molar refractivity (Wildman–Crippen MR) is 62.6 cm³/mol. The van der Waals surface area contributed by atoms with E-state index in [1.165, 1.54) is 0 Å². The Hall–Kier alpha value is -1.36. The molecule has 4 nitrogen and oxygen atoms in total. The minimum absolute atomic E-state index is 0.129. The average Bonchev–Trinajstić information content (AvgIpc) is 2.77. The molecule has 1 aromatic heterocycles. The normalized spacial score (nSPS) is 12.7. The summed E-state index contributed by atoms with van der Waals surface area (Å²) in [5.74, 6) is 0. The second-order valence-corrected chi connectivity index (χ2v) is 3.84. The maximum absolute atomic E-state index is 9.05. The summed E-state index contributed by atoms with van der Waals surface area (Å²) < 4.78 is 1.78. The van der Waals surface area contributed by atoms with E-state index >= 15 is 0 Å². The first-order valence-electron chi connectivity index (χ1n) is 4.87. The largest absolute Gasteiger partial charge is 0.394 e. The standard InChI is InChI=1S/C11H12ClN3O/c12-8-3-1-2-4-10(8)15-7-14-5-11(15)9(13)6-16/h1-5,7,9,16H,6,13H2. The number of hydrogen-bond acceptors (Lipinski definition) is 3. The first kappa shape index (κ1) is 11.1. The highest BCUT2D eigenvalue weighted by atomic mass is 35.5. The van der Waals surface area contributed by atoms with Crippen molar-refractivity contribution in [3.8, 4) is 5.69 Å². The summed E-state index contributed by atoms with van der Waals surface area (Å²) in [5.41, 5.74) is 7.31. The highest BCUT2D eigenvalue weighted by Crippen LogP contribution is 2.23. The Morgan fingerprint density at radius 1 is 1.44 bits per heavy atom. The Kier molecular flexibility index (Phi) is 3.24. The van der Waals surface area contributed by atoms with E-state index in [2.05, 4.69) is 4.98 Å². The van der Waals surface area contributed by atoms with Gasteiger partial charge < -0.3 is 15.4 Å². The van der Waals surface area contributed by atoms with Crippen molar-refractivity contribution in [1.82, 2.24) is 9.55 Å². The van der Waals surface area contributed by atoms with Gasteiger partial charge in [-0.05, 0) is 12.1 Å². The number of hydrogen-bond donors (Lipinski definition) is 2. The maximum atomic E-state index is 9.05. The second-order valence-electron chi connectivity index (χ2n) is 3.43. The molecule has 1 atom stereocenters. The Bertz CT molecular complexity index is 484. The van der Waals surface area contributed by atoms with E-state index in [0.717, 1.165) is 11.4 Å². The zero-order valence-corrected chi connectivity index (χ0v) is 9.30. The number of aliphatic hydroxyl groups excluding tert-OH is 1. The molecule has 1 aromatic carbocycles. The SMILES string of the molecule is NC(CO)c1cncn1-c1ccccc1Cl. The lowest BCUT2D eigenvalue weighted by atomic mass is 10.2. The van der Waals surface area contributed by atoms with Crippen LogP contribution in [-0.4, -0.2) is 21.3 Å². The van der Waals surface area contributed by atoms with E-state index in [4.69, 9.17) is 22.4 Å². The third kappa shape index (κ3) is 1.95. The van der Waals surface area contributed by atoms with Crippen LogP contribution >= 0.6 is 11.6 Å². The molecule has 16 heavy (non-hydrogen) atoms. The van der Waals surface area contributed by atoms with Crippen molar-refractivity contribution in [2.24, 2.45) is 5.73 Å². The van der Waals surface area contributed by atoms with Crippen LogP contribution in [0.5, 0.6) is 0 Å². The molecule has 1 unspecified atom stereocenters. The van der Waals surface area contributed by atoms with Crippen LogP contribution < -0.4 is 5.73 Å². The van der Waals surface area contributed by atoms with Gasteiger partial charge in [0.15, 0.2) is 0 Å². The molecular weight excluding hydrogens is 226 g/mol. The van der Waals surface area contributed by atoms with E-state index in [1.54, 1.807) is 23.2 Å². The zero-order valence-electron chi connectivity index (χ0n) is 8.55. The lowest BCUT2D eigenvalue weighted by Gasteiger charge is -2.13. The molecule has 5 heteroatoms. The first-order valence-corrected chi connectivity index (χ1v) is 5.25. The summed E-state index contributed by atoms with van der Waals surface area (Å²) >= 11 is 6.08. The van der Waals surface area contributed by atoms with Crippen molar-refractivity contribution in [3.63, 3.8) is 0 Å². The number of halogens is 1. The topological polar surface area (TPSA) is 64.1 Å². The number of aliphatic hydroxyl groups is 1. The minimum Gasteiger partial charge on any atom is -0.394 e. The van der Waals surface area contributed by atoms with E-state index in [0.29, 0.717) is 5.02 Å². The Balaban J connectivity index is 2.49. The number of aromatic nitrogens is 2. The highest BCUT2D eigenvalue weighted by Gasteiger charge is 2.12. The molecule has 0 aliphatic heterocycles. The lowest BCUT2D eigenvalue weighted by molar-refractivity contribution is 0.265. The highest BCUT2D eigenvalue weighted by molar-refractivity contribution is 6.32. The molecule has 2 rings (SSSR count). The van der Waals surface area contributed by atoms with Gasteiger partial charge in [0.1, 0.15) is 0 Å². The molecule has 0 bridgehead atoms. The number of nitrogens with zero attached hydrogens (tertiary/aromatic N) is 2. The van der Waals surface area contributed by atoms with Gasteiger partial charge in [0, 0.05) is 0 Å². The van der Waals surface area contributed by atoms with Crippen LogP contribution in [0.2, 0.25) is 5.02 Å². The summed E-state index contributed by atoms with van der Waals surface area (Å²) in [7, 11) is 0. The lowest BCUT2D eigenvalue weighted by Crippen LogP contribution is -2.18. The van der Waals surface area contributed by atoms with E-state index < -0.39 is 6.04 Å². The Morgan fingerprint density at radius 3 is 2.88 bits per heavy atom. The van der Waals surface area contributed by atoms with Crippen LogP contribution in [0.3, 0.4) is 0 Å². The molecule has 0 amide bonds. The molecule has 0 aliphatic rings. The number of imidazole rings is 1. The van der Waals surface area contributed by atoms with Gasteiger partial charge in [-0.15, -0.1) is 0 Å². The van der Waals surface area contributed by atoms with Crippen molar-refractivity contribution >= 4 is 11.6 Å². The van der Waals surface area contributed by atoms with Crippen LogP contribution in [0.4, 0.5) is 0 Å². The third-order valence-corrected chi connectivity index (χ3v) is 2.68. The van der Waals surface area contributed by atoms with Crippen molar-refractivity contribution < 1.29 is 5.11 Å². The average molecular weight is 238 g/mol. The second kappa shape index (κ2) is 4.65. The number of benzene rings is 1. The molecule has 0 saturated carbocycles. The third-order valence-electron chi connectivity index (χ3n) is 2.36. The van der Waals surface area contributed by atoms with Crippen LogP contribution in [0.25, 0.3) is 5.69 Å².